The third-order valence-corrected chi connectivity index (χ3v) is 3.07. The van der Waals surface area contributed by atoms with E-state index in [1.54, 1.807) is 6.07 Å². The van der Waals surface area contributed by atoms with Crippen LogP contribution in [-0.2, 0) is 4.79 Å². The van der Waals surface area contributed by atoms with Gasteiger partial charge in [0.1, 0.15) is 17.4 Å². The van der Waals surface area contributed by atoms with Crippen molar-refractivity contribution in [3.05, 3.63) is 65.7 Å². The second-order valence-electron chi connectivity index (χ2n) is 4.50. The first-order valence-electron chi connectivity index (χ1n) is 6.43. The topological polar surface area (TPSA) is 46.5 Å². The fourth-order valence-corrected chi connectivity index (χ4v) is 2.00. The molecule has 3 nitrogen and oxygen atoms in total. The first-order chi connectivity index (χ1) is 10.1. The van der Waals surface area contributed by atoms with Gasteiger partial charge in [-0.1, -0.05) is 18.2 Å². The van der Waals surface area contributed by atoms with E-state index in [0.29, 0.717) is 5.75 Å². The van der Waals surface area contributed by atoms with E-state index in [1.165, 1.54) is 42.5 Å². The Hall–Kier alpha value is -2.43. The number of carboxylic acids is 1. The lowest BCUT2D eigenvalue weighted by Gasteiger charge is -2.14. The number of carbonyl (C=O) groups is 1. The van der Waals surface area contributed by atoms with E-state index in [9.17, 15) is 18.7 Å². The van der Waals surface area contributed by atoms with E-state index in [1.807, 2.05) is 0 Å². The Bertz CT molecular complexity index is 611. The zero-order valence-electron chi connectivity index (χ0n) is 11.1. The summed E-state index contributed by atoms with van der Waals surface area (Å²) in [6, 6.07) is 11.2. The molecule has 0 saturated heterocycles. The normalized spacial score (nSPS) is 11.9. The molecule has 0 spiro atoms. The van der Waals surface area contributed by atoms with E-state index in [0.717, 1.165) is 0 Å². The van der Waals surface area contributed by atoms with Crippen LogP contribution in [0.5, 0.6) is 5.75 Å². The van der Waals surface area contributed by atoms with Crippen LogP contribution in [0.1, 0.15) is 17.9 Å². The maximum absolute atomic E-state index is 13.6. The molecule has 0 aliphatic heterocycles. The highest BCUT2D eigenvalue weighted by atomic mass is 19.1. The number of hydrogen-bond donors (Lipinski definition) is 1. The molecule has 110 valence electrons. The molecule has 0 radical (unpaired) electrons. The molecule has 2 rings (SSSR count). The predicted molar refractivity (Wildman–Crippen MR) is 73.3 cm³/mol. The van der Waals surface area contributed by atoms with Crippen LogP contribution in [0.25, 0.3) is 0 Å². The van der Waals surface area contributed by atoms with E-state index in [-0.39, 0.29) is 24.4 Å². The monoisotopic (exact) mass is 292 g/mol. The van der Waals surface area contributed by atoms with Crippen LogP contribution in [-0.4, -0.2) is 17.7 Å². The number of aliphatic carboxylic acids is 1. The highest BCUT2D eigenvalue weighted by Gasteiger charge is 2.22. The molecule has 0 heterocycles. The summed E-state index contributed by atoms with van der Waals surface area (Å²) in [5.74, 6) is -2.58. The van der Waals surface area contributed by atoms with Gasteiger partial charge in [0, 0.05) is 5.56 Å². The third-order valence-electron chi connectivity index (χ3n) is 3.07. The summed E-state index contributed by atoms with van der Waals surface area (Å²) in [5.41, 5.74) is 0.132. The van der Waals surface area contributed by atoms with Crippen molar-refractivity contribution in [1.82, 2.24) is 0 Å². The molecule has 0 aliphatic carbocycles. The molecule has 21 heavy (non-hydrogen) atoms. The second-order valence-corrected chi connectivity index (χ2v) is 4.50. The molecule has 1 unspecified atom stereocenters. The van der Waals surface area contributed by atoms with Gasteiger partial charge in [-0.05, 0) is 36.8 Å². The quantitative estimate of drug-likeness (QED) is 0.884. The number of ether oxygens (including phenoxy) is 1. The van der Waals surface area contributed by atoms with Gasteiger partial charge >= 0.3 is 5.97 Å². The van der Waals surface area contributed by atoms with E-state index in [2.05, 4.69) is 0 Å². The molecule has 0 aromatic heterocycles. The molecule has 1 atom stereocenters. The van der Waals surface area contributed by atoms with Gasteiger partial charge in [-0.2, -0.15) is 0 Å². The molecule has 0 amide bonds. The first-order valence-corrected chi connectivity index (χ1v) is 6.43. The molecule has 0 aliphatic rings. The average Bonchev–Trinajstić information content (AvgIpc) is 2.46. The molecule has 0 fully saturated rings. The SMILES string of the molecule is O=C(O)C(CCOc1ccc(F)cc1)c1ccccc1F. The minimum absolute atomic E-state index is 0.0942. The van der Waals surface area contributed by atoms with Gasteiger partial charge < -0.3 is 9.84 Å². The molecule has 2 aromatic carbocycles. The van der Waals surface area contributed by atoms with E-state index < -0.39 is 17.7 Å². The standard InChI is InChI=1S/C16H14F2O3/c17-11-5-7-12(8-6-11)21-10-9-14(16(19)20)13-3-1-2-4-15(13)18/h1-8,14H,9-10H2,(H,19,20). The van der Waals surface area contributed by atoms with Crippen LogP contribution in [0.4, 0.5) is 8.78 Å². The minimum atomic E-state index is -1.11. The van der Waals surface area contributed by atoms with Gasteiger partial charge in [0.15, 0.2) is 0 Å². The zero-order valence-corrected chi connectivity index (χ0v) is 11.1. The Kier molecular flexibility index (Phi) is 4.87. The van der Waals surface area contributed by atoms with Crippen LogP contribution in [0.3, 0.4) is 0 Å². The van der Waals surface area contributed by atoms with Gasteiger partial charge in [0.05, 0.1) is 12.5 Å². The summed E-state index contributed by atoms with van der Waals surface area (Å²) >= 11 is 0. The summed E-state index contributed by atoms with van der Waals surface area (Å²) in [6.45, 7) is 0.0942. The van der Waals surface area contributed by atoms with Crippen molar-refractivity contribution in [3.8, 4) is 5.75 Å². The van der Waals surface area contributed by atoms with Gasteiger partial charge in [0.25, 0.3) is 0 Å². The van der Waals surface area contributed by atoms with Crippen molar-refractivity contribution in [2.45, 2.75) is 12.3 Å². The highest BCUT2D eigenvalue weighted by Crippen LogP contribution is 2.23. The van der Waals surface area contributed by atoms with Crippen LogP contribution in [0.15, 0.2) is 48.5 Å². The van der Waals surface area contributed by atoms with Gasteiger partial charge in [-0.15, -0.1) is 0 Å². The van der Waals surface area contributed by atoms with Crippen molar-refractivity contribution < 1.29 is 23.4 Å². The summed E-state index contributed by atoms with van der Waals surface area (Å²) in [6.07, 6.45) is 0.119. The molecule has 0 bridgehead atoms. The largest absolute Gasteiger partial charge is 0.494 e. The average molecular weight is 292 g/mol. The molecule has 0 saturated carbocycles. The summed E-state index contributed by atoms with van der Waals surface area (Å²) in [5, 5.41) is 9.21. The smallest absolute Gasteiger partial charge is 0.311 e. The molecule has 1 N–H and O–H groups in total. The molecule has 2 aromatic rings. The summed E-state index contributed by atoms with van der Waals surface area (Å²) in [4.78, 5) is 11.3. The Morgan fingerprint density at radius 2 is 1.76 bits per heavy atom. The fraction of sp³-hybridized carbons (Fsp3) is 0.188. The maximum Gasteiger partial charge on any atom is 0.311 e. The van der Waals surface area contributed by atoms with Crippen molar-refractivity contribution in [2.75, 3.05) is 6.61 Å². The lowest BCUT2D eigenvalue weighted by atomic mass is 9.96. The number of carboxylic acid groups (broad SMARTS) is 1. The Morgan fingerprint density at radius 3 is 2.38 bits per heavy atom. The predicted octanol–water partition coefficient (Wildman–Crippen LogP) is 3.60. The molecular formula is C16H14F2O3. The second kappa shape index (κ2) is 6.83. The lowest BCUT2D eigenvalue weighted by molar-refractivity contribution is -0.139. The Labute approximate surface area is 120 Å². The van der Waals surface area contributed by atoms with Crippen molar-refractivity contribution in [3.63, 3.8) is 0 Å². The van der Waals surface area contributed by atoms with Gasteiger partial charge in [-0.25, -0.2) is 8.78 Å². The van der Waals surface area contributed by atoms with Crippen molar-refractivity contribution in [1.29, 1.82) is 0 Å². The van der Waals surface area contributed by atoms with Crippen LogP contribution in [0, 0.1) is 11.6 Å². The number of hydrogen-bond acceptors (Lipinski definition) is 2. The highest BCUT2D eigenvalue weighted by molar-refractivity contribution is 5.76. The summed E-state index contributed by atoms with van der Waals surface area (Å²) in [7, 11) is 0. The van der Waals surface area contributed by atoms with Crippen LogP contribution < -0.4 is 4.74 Å². The minimum Gasteiger partial charge on any atom is -0.494 e. The number of benzene rings is 2. The van der Waals surface area contributed by atoms with Crippen molar-refractivity contribution in [2.24, 2.45) is 0 Å². The van der Waals surface area contributed by atoms with Gasteiger partial charge in [-0.3, -0.25) is 4.79 Å². The Morgan fingerprint density at radius 1 is 1.10 bits per heavy atom. The summed E-state index contributed by atoms with van der Waals surface area (Å²) < 4.78 is 31.7. The molecular weight excluding hydrogens is 278 g/mol. The number of rotatable bonds is 6. The van der Waals surface area contributed by atoms with Crippen LogP contribution in [0.2, 0.25) is 0 Å². The molecule has 5 heteroatoms. The van der Waals surface area contributed by atoms with E-state index >= 15 is 0 Å². The Balaban J connectivity index is 2.00. The van der Waals surface area contributed by atoms with Crippen LogP contribution >= 0.6 is 0 Å². The maximum atomic E-state index is 13.6. The first kappa shape index (κ1) is 15.0. The van der Waals surface area contributed by atoms with E-state index in [4.69, 9.17) is 4.74 Å². The third kappa shape index (κ3) is 4.02. The fourth-order valence-electron chi connectivity index (χ4n) is 2.00. The van der Waals surface area contributed by atoms with Gasteiger partial charge in [0.2, 0.25) is 0 Å². The zero-order chi connectivity index (χ0) is 15.2. The lowest BCUT2D eigenvalue weighted by Crippen LogP contribution is -2.16. The van der Waals surface area contributed by atoms with Crippen molar-refractivity contribution >= 4 is 5.97 Å². The number of halogens is 2.